The number of rotatable bonds is 4. The van der Waals surface area contributed by atoms with Crippen LogP contribution < -0.4 is 11.3 Å². The lowest BCUT2D eigenvalue weighted by atomic mass is 9.98. The van der Waals surface area contributed by atoms with E-state index in [0.29, 0.717) is 5.56 Å². The molecule has 0 aliphatic heterocycles. The number of benzene rings is 2. The fourth-order valence-electron chi connectivity index (χ4n) is 1.93. The molecule has 0 radical (unpaired) electrons. The molecule has 3 N–H and O–H groups in total. The van der Waals surface area contributed by atoms with E-state index in [1.165, 1.54) is 18.2 Å². The topological polar surface area (TPSA) is 38.0 Å². The smallest absolute Gasteiger partial charge is 0.131 e. The van der Waals surface area contributed by atoms with E-state index in [-0.39, 0.29) is 5.56 Å². The highest BCUT2D eigenvalue weighted by atomic mass is 32.2. The molecule has 1 atom stereocenters. The van der Waals surface area contributed by atoms with Gasteiger partial charge in [0.1, 0.15) is 11.6 Å². The van der Waals surface area contributed by atoms with E-state index in [0.717, 1.165) is 4.90 Å². The van der Waals surface area contributed by atoms with Crippen molar-refractivity contribution in [1.82, 2.24) is 5.43 Å². The van der Waals surface area contributed by atoms with Crippen molar-refractivity contribution < 1.29 is 8.78 Å². The van der Waals surface area contributed by atoms with Crippen LogP contribution in [-0.2, 0) is 0 Å². The van der Waals surface area contributed by atoms with Crippen LogP contribution in [0.2, 0.25) is 0 Å². The second-order valence-electron chi connectivity index (χ2n) is 4.01. The van der Waals surface area contributed by atoms with Crippen LogP contribution in [0.5, 0.6) is 0 Å². The molecule has 0 aliphatic rings. The lowest BCUT2D eigenvalue weighted by molar-refractivity contribution is 0.510. The summed E-state index contributed by atoms with van der Waals surface area (Å²) in [6, 6.07) is 10.5. The molecule has 0 aromatic heterocycles. The maximum atomic E-state index is 13.8. The van der Waals surface area contributed by atoms with Crippen molar-refractivity contribution in [2.45, 2.75) is 10.9 Å². The third-order valence-corrected chi connectivity index (χ3v) is 3.65. The molecule has 0 saturated heterocycles. The summed E-state index contributed by atoms with van der Waals surface area (Å²) < 4.78 is 27.6. The first kappa shape index (κ1) is 14.0. The molecular formula is C14H14F2N2S. The van der Waals surface area contributed by atoms with Crippen molar-refractivity contribution >= 4 is 11.8 Å². The first-order chi connectivity index (χ1) is 9.17. The highest BCUT2D eigenvalue weighted by molar-refractivity contribution is 7.98. The lowest BCUT2D eigenvalue weighted by Gasteiger charge is -2.18. The number of hydrazine groups is 1. The Kier molecular flexibility index (Phi) is 4.52. The Labute approximate surface area is 115 Å². The van der Waals surface area contributed by atoms with E-state index in [4.69, 9.17) is 5.84 Å². The van der Waals surface area contributed by atoms with E-state index in [1.54, 1.807) is 11.8 Å². The molecule has 100 valence electrons. The molecule has 0 aliphatic carbocycles. The van der Waals surface area contributed by atoms with Crippen molar-refractivity contribution in [2.24, 2.45) is 5.84 Å². The molecule has 2 aromatic rings. The molecule has 0 saturated carbocycles. The number of nitrogens with one attached hydrogen (secondary N) is 1. The maximum Gasteiger partial charge on any atom is 0.131 e. The molecule has 0 amide bonds. The van der Waals surface area contributed by atoms with Gasteiger partial charge in [0.25, 0.3) is 0 Å². The van der Waals surface area contributed by atoms with Gasteiger partial charge in [0.15, 0.2) is 0 Å². The molecule has 0 spiro atoms. The number of thioether (sulfide) groups is 1. The van der Waals surface area contributed by atoms with Gasteiger partial charge in [-0.3, -0.25) is 5.84 Å². The monoisotopic (exact) mass is 280 g/mol. The lowest BCUT2D eigenvalue weighted by Crippen LogP contribution is -2.30. The van der Waals surface area contributed by atoms with Gasteiger partial charge in [0, 0.05) is 10.5 Å². The number of halogens is 2. The fourth-order valence-corrected chi connectivity index (χ4v) is 2.34. The number of hydrogen-bond donors (Lipinski definition) is 2. The summed E-state index contributed by atoms with van der Waals surface area (Å²) in [5.74, 6) is 4.23. The van der Waals surface area contributed by atoms with Crippen molar-refractivity contribution in [2.75, 3.05) is 6.26 Å². The minimum Gasteiger partial charge on any atom is -0.271 e. The van der Waals surface area contributed by atoms with Gasteiger partial charge in [0.05, 0.1) is 6.04 Å². The van der Waals surface area contributed by atoms with E-state index in [9.17, 15) is 8.78 Å². The predicted molar refractivity (Wildman–Crippen MR) is 73.7 cm³/mol. The van der Waals surface area contributed by atoms with Gasteiger partial charge >= 0.3 is 0 Å². The third kappa shape index (κ3) is 2.94. The van der Waals surface area contributed by atoms with Gasteiger partial charge in [-0.15, -0.1) is 11.8 Å². The summed E-state index contributed by atoms with van der Waals surface area (Å²) in [6.45, 7) is 0. The van der Waals surface area contributed by atoms with Crippen LogP contribution in [0, 0.1) is 11.6 Å². The quantitative estimate of drug-likeness (QED) is 0.513. The normalized spacial score (nSPS) is 12.4. The first-order valence-corrected chi connectivity index (χ1v) is 6.94. The van der Waals surface area contributed by atoms with E-state index >= 15 is 0 Å². The molecule has 1 unspecified atom stereocenters. The summed E-state index contributed by atoms with van der Waals surface area (Å²) >= 11 is 1.60. The number of hydrogen-bond acceptors (Lipinski definition) is 3. The van der Waals surface area contributed by atoms with Crippen LogP contribution in [0.15, 0.2) is 47.4 Å². The van der Waals surface area contributed by atoms with Crippen molar-refractivity contribution in [3.63, 3.8) is 0 Å². The first-order valence-electron chi connectivity index (χ1n) is 5.71. The molecule has 2 aromatic carbocycles. The van der Waals surface area contributed by atoms with E-state index in [2.05, 4.69) is 5.43 Å². The molecule has 0 bridgehead atoms. The second-order valence-corrected chi connectivity index (χ2v) is 4.89. The minimum absolute atomic E-state index is 0.0677. The van der Waals surface area contributed by atoms with Crippen LogP contribution in [-0.4, -0.2) is 6.26 Å². The van der Waals surface area contributed by atoms with Gasteiger partial charge in [-0.25, -0.2) is 14.2 Å². The van der Waals surface area contributed by atoms with Crippen LogP contribution >= 0.6 is 11.8 Å². The molecule has 19 heavy (non-hydrogen) atoms. The zero-order valence-corrected chi connectivity index (χ0v) is 11.2. The highest BCUT2D eigenvalue weighted by Crippen LogP contribution is 2.27. The summed E-state index contributed by atoms with van der Waals surface area (Å²) in [5.41, 5.74) is 3.11. The molecular weight excluding hydrogens is 266 g/mol. The SMILES string of the molecule is CSc1ccc(C(NN)c2c(F)cccc2F)cc1. The average molecular weight is 280 g/mol. The van der Waals surface area contributed by atoms with E-state index in [1.807, 2.05) is 30.5 Å². The zero-order valence-electron chi connectivity index (χ0n) is 10.4. The molecule has 0 heterocycles. The summed E-state index contributed by atoms with van der Waals surface area (Å²) in [7, 11) is 0. The highest BCUT2D eigenvalue weighted by Gasteiger charge is 2.20. The summed E-state index contributed by atoms with van der Waals surface area (Å²) in [4.78, 5) is 1.08. The zero-order chi connectivity index (χ0) is 13.8. The predicted octanol–water partition coefficient (Wildman–Crippen LogP) is 3.24. The molecule has 0 fully saturated rings. The largest absolute Gasteiger partial charge is 0.271 e. The van der Waals surface area contributed by atoms with Crippen LogP contribution in [0.25, 0.3) is 0 Å². The average Bonchev–Trinajstić information content (AvgIpc) is 2.43. The number of nitrogens with two attached hydrogens (primary N) is 1. The second kappa shape index (κ2) is 6.14. The van der Waals surface area contributed by atoms with Gasteiger partial charge in [-0.05, 0) is 36.1 Å². The van der Waals surface area contributed by atoms with E-state index < -0.39 is 17.7 Å². The maximum absolute atomic E-state index is 13.8. The summed E-state index contributed by atoms with van der Waals surface area (Å²) in [5, 5.41) is 0. The Morgan fingerprint density at radius 3 is 2.11 bits per heavy atom. The Morgan fingerprint density at radius 1 is 1.05 bits per heavy atom. The standard InChI is InChI=1S/C14H14F2N2S/c1-19-10-7-5-9(6-8-10)14(18-17)13-11(15)3-2-4-12(13)16/h2-8,14,18H,17H2,1H3. The van der Waals surface area contributed by atoms with Gasteiger partial charge < -0.3 is 0 Å². The fraction of sp³-hybridized carbons (Fsp3) is 0.143. The van der Waals surface area contributed by atoms with Crippen LogP contribution in [0.3, 0.4) is 0 Å². The van der Waals surface area contributed by atoms with Gasteiger partial charge in [-0.1, -0.05) is 18.2 Å². The molecule has 2 rings (SSSR count). The molecule has 5 heteroatoms. The Bertz CT molecular complexity index is 538. The van der Waals surface area contributed by atoms with Crippen molar-refractivity contribution in [1.29, 1.82) is 0 Å². The Balaban J connectivity index is 2.44. The van der Waals surface area contributed by atoms with Crippen molar-refractivity contribution in [3.8, 4) is 0 Å². The van der Waals surface area contributed by atoms with Crippen molar-refractivity contribution in [3.05, 3.63) is 65.2 Å². The third-order valence-electron chi connectivity index (χ3n) is 2.90. The van der Waals surface area contributed by atoms with Gasteiger partial charge in [-0.2, -0.15) is 0 Å². The van der Waals surface area contributed by atoms with Gasteiger partial charge in [0.2, 0.25) is 0 Å². The van der Waals surface area contributed by atoms with Crippen LogP contribution in [0.4, 0.5) is 8.78 Å². The molecule has 2 nitrogen and oxygen atoms in total. The minimum atomic E-state index is -0.711. The van der Waals surface area contributed by atoms with Crippen LogP contribution in [0.1, 0.15) is 17.2 Å². The summed E-state index contributed by atoms with van der Waals surface area (Å²) in [6.07, 6.45) is 1.96. The Hall–Kier alpha value is -1.43. The Morgan fingerprint density at radius 2 is 1.63 bits per heavy atom.